The van der Waals surface area contributed by atoms with Crippen molar-refractivity contribution in [3.8, 4) is 0 Å². The maximum absolute atomic E-state index is 12.1. The van der Waals surface area contributed by atoms with Crippen molar-refractivity contribution in [2.75, 3.05) is 6.54 Å². The fourth-order valence-corrected chi connectivity index (χ4v) is 2.55. The average molecular weight is 234 g/mol. The molecular weight excluding hydrogens is 220 g/mol. The first-order chi connectivity index (χ1) is 8.25. The third-order valence-corrected chi connectivity index (χ3v) is 3.38. The second-order valence-corrected chi connectivity index (χ2v) is 4.48. The molecule has 1 aromatic rings. The van der Waals surface area contributed by atoms with Crippen molar-refractivity contribution in [1.82, 2.24) is 20.0 Å². The van der Waals surface area contributed by atoms with Gasteiger partial charge in [0.15, 0.2) is 0 Å². The first kappa shape index (κ1) is 10.3. The molecule has 0 saturated carbocycles. The average Bonchev–Trinajstić information content (AvgIpc) is 2.96. The van der Waals surface area contributed by atoms with Gasteiger partial charge in [-0.05, 0) is 18.9 Å². The lowest BCUT2D eigenvalue weighted by Crippen LogP contribution is -2.62. The molecule has 2 aliphatic heterocycles. The van der Waals surface area contributed by atoms with Crippen molar-refractivity contribution in [3.05, 3.63) is 18.5 Å². The van der Waals surface area contributed by atoms with E-state index in [1.54, 1.807) is 28.0 Å². The van der Waals surface area contributed by atoms with Crippen molar-refractivity contribution >= 4 is 11.8 Å². The maximum atomic E-state index is 12.1. The predicted octanol–water partition coefficient (Wildman–Crippen LogP) is -0.628. The summed E-state index contributed by atoms with van der Waals surface area (Å²) >= 11 is 0. The molecule has 0 aliphatic carbocycles. The Hall–Kier alpha value is -1.85. The number of nitrogens with one attached hydrogen (secondary N) is 1. The summed E-state index contributed by atoms with van der Waals surface area (Å²) in [6.07, 6.45) is 5.15. The monoisotopic (exact) mass is 234 g/mol. The lowest BCUT2D eigenvalue weighted by atomic mass is 10.1. The van der Waals surface area contributed by atoms with E-state index < -0.39 is 6.04 Å². The number of hydrogen-bond donors (Lipinski definition) is 1. The zero-order valence-corrected chi connectivity index (χ0v) is 9.37. The van der Waals surface area contributed by atoms with Crippen molar-refractivity contribution in [1.29, 1.82) is 0 Å². The van der Waals surface area contributed by atoms with Gasteiger partial charge in [-0.15, -0.1) is 0 Å². The molecule has 6 nitrogen and oxygen atoms in total. The van der Waals surface area contributed by atoms with Gasteiger partial charge in [-0.2, -0.15) is 5.10 Å². The van der Waals surface area contributed by atoms with Crippen LogP contribution in [0.25, 0.3) is 0 Å². The molecule has 0 spiro atoms. The van der Waals surface area contributed by atoms with Crippen LogP contribution >= 0.6 is 0 Å². The molecule has 2 aliphatic rings. The Morgan fingerprint density at radius 1 is 1.47 bits per heavy atom. The Bertz CT molecular complexity index is 442. The second kappa shape index (κ2) is 3.87. The Labute approximate surface area is 98.6 Å². The van der Waals surface area contributed by atoms with Crippen LogP contribution in [-0.2, 0) is 16.1 Å². The third-order valence-electron chi connectivity index (χ3n) is 3.38. The first-order valence-corrected chi connectivity index (χ1v) is 5.84. The SMILES string of the molecule is O=C1NC(Cn2cccn2)C(=O)N2CCCC12. The van der Waals surface area contributed by atoms with Gasteiger partial charge in [0.1, 0.15) is 12.1 Å². The Kier molecular flexibility index (Phi) is 2.35. The number of rotatable bonds is 2. The Balaban J connectivity index is 1.77. The van der Waals surface area contributed by atoms with Gasteiger partial charge in [0, 0.05) is 18.9 Å². The molecule has 1 N–H and O–H groups in total. The minimum Gasteiger partial charge on any atom is -0.341 e. The summed E-state index contributed by atoms with van der Waals surface area (Å²) in [5, 5.41) is 6.83. The number of carbonyl (C=O) groups excluding carboxylic acids is 2. The molecule has 17 heavy (non-hydrogen) atoms. The van der Waals surface area contributed by atoms with E-state index in [0.717, 1.165) is 12.8 Å². The van der Waals surface area contributed by atoms with E-state index in [0.29, 0.717) is 13.1 Å². The van der Waals surface area contributed by atoms with Crippen LogP contribution in [0.4, 0.5) is 0 Å². The van der Waals surface area contributed by atoms with Gasteiger partial charge in [0.25, 0.3) is 0 Å². The van der Waals surface area contributed by atoms with Crippen molar-refractivity contribution in [3.63, 3.8) is 0 Å². The van der Waals surface area contributed by atoms with Gasteiger partial charge in [-0.1, -0.05) is 0 Å². The van der Waals surface area contributed by atoms with E-state index in [4.69, 9.17) is 0 Å². The molecule has 2 fully saturated rings. The second-order valence-electron chi connectivity index (χ2n) is 4.48. The molecule has 0 radical (unpaired) electrons. The van der Waals surface area contributed by atoms with Gasteiger partial charge < -0.3 is 10.2 Å². The van der Waals surface area contributed by atoms with Gasteiger partial charge in [-0.3, -0.25) is 14.3 Å². The highest BCUT2D eigenvalue weighted by Gasteiger charge is 2.42. The summed E-state index contributed by atoms with van der Waals surface area (Å²) < 4.78 is 1.67. The zero-order valence-electron chi connectivity index (χ0n) is 9.37. The summed E-state index contributed by atoms with van der Waals surface area (Å²) in [7, 11) is 0. The van der Waals surface area contributed by atoms with Gasteiger partial charge in [0.05, 0.1) is 6.54 Å². The summed E-state index contributed by atoms with van der Waals surface area (Å²) in [4.78, 5) is 25.7. The highest BCUT2D eigenvalue weighted by Crippen LogP contribution is 2.22. The summed E-state index contributed by atoms with van der Waals surface area (Å²) in [6.45, 7) is 1.10. The number of piperazine rings is 1. The molecular formula is C11H14N4O2. The fourth-order valence-electron chi connectivity index (χ4n) is 2.55. The van der Waals surface area contributed by atoms with E-state index in [2.05, 4.69) is 10.4 Å². The maximum Gasteiger partial charge on any atom is 0.247 e. The third kappa shape index (κ3) is 1.69. The number of hydrogen-bond acceptors (Lipinski definition) is 3. The van der Waals surface area contributed by atoms with Crippen molar-refractivity contribution < 1.29 is 9.59 Å². The lowest BCUT2D eigenvalue weighted by Gasteiger charge is -2.34. The van der Waals surface area contributed by atoms with Crippen LogP contribution < -0.4 is 5.32 Å². The highest BCUT2D eigenvalue weighted by molar-refractivity contribution is 5.97. The molecule has 0 aromatic carbocycles. The molecule has 3 heterocycles. The summed E-state index contributed by atoms with van der Waals surface area (Å²) in [6, 6.07) is 1.08. The summed E-state index contributed by atoms with van der Waals surface area (Å²) in [5.74, 6) is -0.0122. The number of aromatic nitrogens is 2. The first-order valence-electron chi connectivity index (χ1n) is 5.84. The minimum atomic E-state index is -0.475. The molecule has 2 atom stereocenters. The normalized spacial score (nSPS) is 28.1. The van der Waals surface area contributed by atoms with Crippen LogP contribution in [0.3, 0.4) is 0 Å². The number of carbonyl (C=O) groups is 2. The van der Waals surface area contributed by atoms with Gasteiger partial charge in [-0.25, -0.2) is 0 Å². The zero-order chi connectivity index (χ0) is 11.8. The summed E-state index contributed by atoms with van der Waals surface area (Å²) in [5.41, 5.74) is 0. The van der Waals surface area contributed by atoms with Crippen LogP contribution in [0.1, 0.15) is 12.8 Å². The molecule has 2 saturated heterocycles. The van der Waals surface area contributed by atoms with Gasteiger partial charge in [0.2, 0.25) is 11.8 Å². The van der Waals surface area contributed by atoms with Crippen molar-refractivity contribution in [2.24, 2.45) is 0 Å². The van der Waals surface area contributed by atoms with E-state index in [1.807, 2.05) is 0 Å². The minimum absolute atomic E-state index is 0.0163. The van der Waals surface area contributed by atoms with Crippen LogP contribution in [0.15, 0.2) is 18.5 Å². The predicted molar refractivity (Wildman–Crippen MR) is 58.9 cm³/mol. The van der Waals surface area contributed by atoms with E-state index >= 15 is 0 Å². The molecule has 0 bridgehead atoms. The molecule has 2 unspecified atom stereocenters. The number of fused-ring (bicyclic) bond motifs is 1. The fraction of sp³-hybridized carbons (Fsp3) is 0.545. The molecule has 2 amide bonds. The quantitative estimate of drug-likeness (QED) is 0.741. The molecule has 1 aromatic heterocycles. The molecule has 3 rings (SSSR count). The van der Waals surface area contributed by atoms with Crippen LogP contribution in [0.5, 0.6) is 0 Å². The van der Waals surface area contributed by atoms with Crippen molar-refractivity contribution in [2.45, 2.75) is 31.5 Å². The topological polar surface area (TPSA) is 67.2 Å². The van der Waals surface area contributed by atoms with E-state index in [1.165, 1.54) is 0 Å². The molecule has 6 heteroatoms. The standard InChI is InChI=1S/C11H14N4O2/c16-10-9-3-1-6-15(9)11(17)8(13-10)7-14-5-2-4-12-14/h2,4-5,8-9H,1,3,6-7H2,(H,13,16). The van der Waals surface area contributed by atoms with E-state index in [9.17, 15) is 9.59 Å². The van der Waals surface area contributed by atoms with Gasteiger partial charge >= 0.3 is 0 Å². The largest absolute Gasteiger partial charge is 0.341 e. The number of nitrogens with zero attached hydrogens (tertiary/aromatic N) is 3. The highest BCUT2D eigenvalue weighted by atomic mass is 16.2. The molecule has 90 valence electrons. The smallest absolute Gasteiger partial charge is 0.247 e. The Morgan fingerprint density at radius 2 is 2.35 bits per heavy atom. The van der Waals surface area contributed by atoms with E-state index in [-0.39, 0.29) is 17.9 Å². The Morgan fingerprint density at radius 3 is 3.12 bits per heavy atom. The lowest BCUT2D eigenvalue weighted by molar-refractivity contribution is -0.147. The van der Waals surface area contributed by atoms with Crippen LogP contribution in [0, 0.1) is 0 Å². The number of amides is 2. The van der Waals surface area contributed by atoms with Crippen LogP contribution in [0.2, 0.25) is 0 Å². The van der Waals surface area contributed by atoms with Crippen LogP contribution in [-0.4, -0.2) is 45.1 Å².